The maximum Gasteiger partial charge on any atom is 0.407 e. The Kier molecular flexibility index (Phi) is 7.69. The highest BCUT2D eigenvalue weighted by Gasteiger charge is 2.42. The van der Waals surface area contributed by atoms with Crippen molar-refractivity contribution in [3.8, 4) is 11.3 Å². The van der Waals surface area contributed by atoms with Crippen LogP contribution in [-0.4, -0.2) is 73.0 Å². The molecule has 2 heterocycles. The Morgan fingerprint density at radius 2 is 1.97 bits per heavy atom. The normalized spacial score (nSPS) is 20.4. The molecule has 168 valence electrons. The van der Waals surface area contributed by atoms with Crippen LogP contribution >= 0.6 is 15.9 Å². The summed E-state index contributed by atoms with van der Waals surface area (Å²) in [4.78, 5) is 34.8. The van der Waals surface area contributed by atoms with Gasteiger partial charge in [0.25, 0.3) is 0 Å². The van der Waals surface area contributed by atoms with Crippen LogP contribution in [0.3, 0.4) is 0 Å². The van der Waals surface area contributed by atoms with E-state index in [9.17, 15) is 9.59 Å². The molecular weight excluding hydrogens is 468 g/mol. The number of carbonyl (C=O) groups excluding carboxylic acids is 2. The molecule has 0 spiro atoms. The number of carbonyl (C=O) groups is 2. The predicted molar refractivity (Wildman–Crippen MR) is 117 cm³/mol. The summed E-state index contributed by atoms with van der Waals surface area (Å²) in [6.07, 6.45) is 0.943. The van der Waals surface area contributed by atoms with Gasteiger partial charge >= 0.3 is 6.09 Å². The third-order valence-corrected chi connectivity index (χ3v) is 6.04. The molecule has 10 heteroatoms. The number of nitrogens with zero attached hydrogens (tertiary/aromatic N) is 2. The smallest absolute Gasteiger partial charge is 0.407 e. The minimum Gasteiger partial charge on any atom is -0.453 e. The fourth-order valence-electron chi connectivity index (χ4n) is 3.63. The van der Waals surface area contributed by atoms with Crippen LogP contribution in [0.15, 0.2) is 34.9 Å². The average molecular weight is 495 g/mol. The summed E-state index contributed by atoms with van der Waals surface area (Å²) in [6, 6.07) is 6.64. The summed E-state index contributed by atoms with van der Waals surface area (Å²) in [5.41, 5.74) is 1.84. The van der Waals surface area contributed by atoms with Gasteiger partial charge in [-0.05, 0) is 24.6 Å². The number of hydrogen-bond acceptors (Lipinski definition) is 6. The number of aromatic nitrogens is 2. The molecule has 1 aliphatic heterocycles. The molecule has 1 saturated heterocycles. The van der Waals surface area contributed by atoms with Crippen LogP contribution < -0.4 is 5.32 Å². The van der Waals surface area contributed by atoms with Gasteiger partial charge < -0.3 is 29.4 Å². The minimum absolute atomic E-state index is 0.146. The van der Waals surface area contributed by atoms with Crippen molar-refractivity contribution in [2.75, 3.05) is 27.9 Å². The first-order valence-corrected chi connectivity index (χ1v) is 10.7. The van der Waals surface area contributed by atoms with E-state index < -0.39 is 18.2 Å². The first-order valence-electron chi connectivity index (χ1n) is 9.89. The molecular formula is C21H27BrN4O5. The van der Waals surface area contributed by atoms with Gasteiger partial charge in [-0.1, -0.05) is 28.1 Å². The summed E-state index contributed by atoms with van der Waals surface area (Å²) < 4.78 is 16.5. The molecule has 0 bridgehead atoms. The van der Waals surface area contributed by atoms with Crippen LogP contribution in [0, 0.1) is 0 Å². The number of rotatable bonds is 7. The van der Waals surface area contributed by atoms with E-state index in [1.807, 2.05) is 24.3 Å². The fraction of sp³-hybridized carbons (Fsp3) is 0.476. The zero-order chi connectivity index (χ0) is 22.5. The van der Waals surface area contributed by atoms with Gasteiger partial charge in [0.05, 0.1) is 37.3 Å². The molecule has 2 aromatic rings. The second-order valence-electron chi connectivity index (χ2n) is 7.34. The Morgan fingerprint density at radius 3 is 2.58 bits per heavy atom. The molecule has 0 saturated carbocycles. The van der Waals surface area contributed by atoms with Gasteiger partial charge in [-0.25, -0.2) is 9.78 Å². The zero-order valence-corrected chi connectivity index (χ0v) is 19.5. The summed E-state index contributed by atoms with van der Waals surface area (Å²) in [5.74, 6) is 0.374. The first-order chi connectivity index (χ1) is 14.9. The van der Waals surface area contributed by atoms with Crippen molar-refractivity contribution in [1.82, 2.24) is 20.2 Å². The molecule has 0 aliphatic carbocycles. The number of imidazole rings is 1. The number of nitrogens with one attached hydrogen (secondary N) is 2. The third-order valence-electron chi connectivity index (χ3n) is 5.51. The standard InChI is InChI=1S/C21H27BrN4O5/c1-12(29-2)18(25-21(28)31-4)20(27)26-11-15(30-3)9-17(26)19-23-10-16(24-19)13-5-7-14(22)8-6-13/h5-8,10,12,15,17-18H,9,11H2,1-4H3,(H,23,24)(H,25,28)/t12-,15+,17+,18+/m1/s1. The van der Waals surface area contributed by atoms with E-state index in [-0.39, 0.29) is 18.1 Å². The predicted octanol–water partition coefficient (Wildman–Crippen LogP) is 2.89. The van der Waals surface area contributed by atoms with Crippen molar-refractivity contribution in [3.05, 3.63) is 40.8 Å². The van der Waals surface area contributed by atoms with E-state index in [0.29, 0.717) is 18.8 Å². The number of amides is 2. The minimum atomic E-state index is -0.906. The van der Waals surface area contributed by atoms with E-state index >= 15 is 0 Å². The van der Waals surface area contributed by atoms with Crippen LogP contribution in [-0.2, 0) is 19.0 Å². The van der Waals surface area contributed by atoms with E-state index in [0.717, 1.165) is 15.7 Å². The lowest BCUT2D eigenvalue weighted by molar-refractivity contribution is -0.138. The number of benzene rings is 1. The maximum absolute atomic E-state index is 13.4. The number of halogens is 1. The number of aromatic amines is 1. The van der Waals surface area contributed by atoms with Crippen LogP contribution in [0.4, 0.5) is 4.79 Å². The summed E-state index contributed by atoms with van der Waals surface area (Å²) in [5, 5.41) is 2.58. The second-order valence-corrected chi connectivity index (χ2v) is 8.26. The van der Waals surface area contributed by atoms with Crippen molar-refractivity contribution in [1.29, 1.82) is 0 Å². The van der Waals surface area contributed by atoms with Gasteiger partial charge in [0.1, 0.15) is 11.9 Å². The Balaban J connectivity index is 1.87. The largest absolute Gasteiger partial charge is 0.453 e. The van der Waals surface area contributed by atoms with Crippen molar-refractivity contribution >= 4 is 27.9 Å². The molecule has 9 nitrogen and oxygen atoms in total. The average Bonchev–Trinajstić information content (AvgIpc) is 3.44. The molecule has 1 aromatic carbocycles. The lowest BCUT2D eigenvalue weighted by Gasteiger charge is -2.30. The van der Waals surface area contributed by atoms with E-state index in [4.69, 9.17) is 9.47 Å². The molecule has 1 aromatic heterocycles. The molecule has 1 fully saturated rings. The summed E-state index contributed by atoms with van der Waals surface area (Å²) >= 11 is 3.44. The lowest BCUT2D eigenvalue weighted by atomic mass is 10.1. The summed E-state index contributed by atoms with van der Waals surface area (Å²) in [7, 11) is 4.36. The number of H-pyrrole nitrogens is 1. The molecule has 0 unspecified atom stereocenters. The topological polar surface area (TPSA) is 106 Å². The molecule has 0 radical (unpaired) electrons. The second kappa shape index (κ2) is 10.3. The van der Waals surface area contributed by atoms with Crippen LogP contribution in [0.2, 0.25) is 0 Å². The van der Waals surface area contributed by atoms with Gasteiger partial charge in [0.2, 0.25) is 5.91 Å². The number of methoxy groups -OCH3 is 3. The van der Waals surface area contributed by atoms with E-state index in [1.54, 1.807) is 25.1 Å². The highest BCUT2D eigenvalue weighted by molar-refractivity contribution is 9.10. The molecule has 4 atom stereocenters. The maximum atomic E-state index is 13.4. The monoisotopic (exact) mass is 494 g/mol. The van der Waals surface area contributed by atoms with Gasteiger partial charge in [-0.2, -0.15) is 0 Å². The van der Waals surface area contributed by atoms with Crippen LogP contribution in [0.1, 0.15) is 25.2 Å². The molecule has 2 N–H and O–H groups in total. The van der Waals surface area contributed by atoms with Gasteiger partial charge in [-0.3, -0.25) is 4.79 Å². The van der Waals surface area contributed by atoms with Gasteiger partial charge in [0, 0.05) is 31.7 Å². The number of hydrogen-bond donors (Lipinski definition) is 2. The van der Waals surface area contributed by atoms with Crippen molar-refractivity contribution in [2.45, 2.75) is 37.6 Å². The van der Waals surface area contributed by atoms with E-state index in [1.165, 1.54) is 14.2 Å². The van der Waals surface area contributed by atoms with E-state index in [2.05, 4.69) is 36.0 Å². The number of ether oxygens (including phenoxy) is 3. The Labute approximate surface area is 189 Å². The fourth-order valence-corrected chi connectivity index (χ4v) is 3.90. The number of alkyl carbamates (subject to hydrolysis) is 1. The van der Waals surface area contributed by atoms with Gasteiger partial charge in [0.15, 0.2) is 0 Å². The van der Waals surface area contributed by atoms with Crippen molar-refractivity contribution in [3.63, 3.8) is 0 Å². The Morgan fingerprint density at radius 1 is 1.26 bits per heavy atom. The quantitative estimate of drug-likeness (QED) is 0.612. The molecule has 3 rings (SSSR count). The van der Waals surface area contributed by atoms with Crippen LogP contribution in [0.5, 0.6) is 0 Å². The molecule has 1 aliphatic rings. The summed E-state index contributed by atoms with van der Waals surface area (Å²) in [6.45, 7) is 2.10. The van der Waals surface area contributed by atoms with Crippen molar-refractivity contribution < 1.29 is 23.8 Å². The SMILES string of the molecule is COC(=O)N[C@H](C(=O)N1C[C@@H](OC)C[C@H]1c1ncc(-c2ccc(Br)cc2)[nH]1)[C@@H](C)OC. The highest BCUT2D eigenvalue weighted by Crippen LogP contribution is 2.34. The van der Waals surface area contributed by atoms with Gasteiger partial charge in [-0.15, -0.1) is 0 Å². The van der Waals surface area contributed by atoms with Crippen molar-refractivity contribution in [2.24, 2.45) is 0 Å². The lowest BCUT2D eigenvalue weighted by Crippen LogP contribution is -2.54. The Bertz CT molecular complexity index is 903. The molecule has 2 amide bonds. The Hall–Kier alpha value is -2.43. The zero-order valence-electron chi connectivity index (χ0n) is 17.9. The van der Waals surface area contributed by atoms with Crippen LogP contribution in [0.25, 0.3) is 11.3 Å². The first kappa shape index (κ1) is 23.2. The number of likely N-dealkylation sites (tertiary alicyclic amines) is 1. The third kappa shape index (κ3) is 5.25. The molecule has 31 heavy (non-hydrogen) atoms. The highest BCUT2D eigenvalue weighted by atomic mass is 79.9.